The summed E-state index contributed by atoms with van der Waals surface area (Å²) in [5.74, 6) is 1.68. The number of benzene rings is 1. The van der Waals surface area contributed by atoms with Crippen molar-refractivity contribution in [3.63, 3.8) is 0 Å². The van der Waals surface area contributed by atoms with Crippen molar-refractivity contribution in [1.29, 1.82) is 0 Å². The Morgan fingerprint density at radius 1 is 1.13 bits per heavy atom. The molecule has 6 rings (SSSR count). The van der Waals surface area contributed by atoms with Crippen molar-refractivity contribution < 1.29 is 23.8 Å². The molecule has 1 saturated carbocycles. The minimum Gasteiger partial charge on any atom is -0.493 e. The molecule has 31 heavy (non-hydrogen) atoms. The zero-order valence-corrected chi connectivity index (χ0v) is 18.2. The number of ether oxygens (including phenoxy) is 3. The zero-order chi connectivity index (χ0) is 21.5. The number of likely N-dealkylation sites (N-methyl/N-ethyl adjacent to an activating group) is 1. The second-order valence-corrected chi connectivity index (χ2v) is 9.56. The first-order valence-electron chi connectivity index (χ1n) is 11.1. The van der Waals surface area contributed by atoms with Gasteiger partial charge in [0.15, 0.2) is 11.5 Å². The standard InChI is InChI=1S/C24H28N2O5/c1-25-6-5-24-15-9-17(29-2)18(30-3)10-16(15)26-21(28)11-19-22(23(24)26)14(8-20(24)27)13(12-25)4-7-31-19/h4,9-10,14,19,22-23H,5-8,11-12H2,1-3H3/t14-,19-,22-,23-,24+/m0/s1. The van der Waals surface area contributed by atoms with E-state index >= 15 is 0 Å². The number of Topliss-reactive ketones (excluding diaryl/α,β-unsaturated/α-hetero) is 1. The number of ketones is 1. The van der Waals surface area contributed by atoms with Crippen molar-refractivity contribution in [3.8, 4) is 11.5 Å². The summed E-state index contributed by atoms with van der Waals surface area (Å²) in [5, 5.41) is 0. The van der Waals surface area contributed by atoms with Gasteiger partial charge in [0.1, 0.15) is 5.78 Å². The molecule has 1 aromatic carbocycles. The van der Waals surface area contributed by atoms with Crippen LogP contribution in [0.3, 0.4) is 0 Å². The van der Waals surface area contributed by atoms with E-state index in [1.54, 1.807) is 14.2 Å². The fraction of sp³-hybridized carbons (Fsp3) is 0.583. The number of hydrogen-bond acceptors (Lipinski definition) is 6. The quantitative estimate of drug-likeness (QED) is 0.676. The lowest BCUT2D eigenvalue weighted by Crippen LogP contribution is -2.66. The Kier molecular flexibility index (Phi) is 4.09. The fourth-order valence-electron chi connectivity index (χ4n) is 7.01. The van der Waals surface area contributed by atoms with Crippen LogP contribution in [0.15, 0.2) is 23.8 Å². The van der Waals surface area contributed by atoms with Crippen LogP contribution in [0.2, 0.25) is 0 Å². The van der Waals surface area contributed by atoms with E-state index in [1.807, 2.05) is 17.0 Å². The van der Waals surface area contributed by atoms with E-state index in [4.69, 9.17) is 14.2 Å². The number of carbonyl (C=O) groups excluding carboxylic acids is 2. The highest BCUT2D eigenvalue weighted by atomic mass is 16.5. The van der Waals surface area contributed by atoms with Crippen molar-refractivity contribution in [2.75, 3.05) is 45.9 Å². The molecule has 5 aliphatic rings. The first kappa shape index (κ1) is 19.3. The SMILES string of the molecule is COc1cc2c(cc1OC)[C@@]13CCN(C)CC4=CCO[C@H]5CC(=O)N2[C@H]1[C@H]5[C@H]4CC3=O. The number of methoxy groups -OCH3 is 2. The van der Waals surface area contributed by atoms with Gasteiger partial charge < -0.3 is 24.0 Å². The van der Waals surface area contributed by atoms with E-state index in [1.165, 1.54) is 5.57 Å². The van der Waals surface area contributed by atoms with Gasteiger partial charge in [0, 0.05) is 24.9 Å². The van der Waals surface area contributed by atoms with Gasteiger partial charge in [-0.2, -0.15) is 0 Å². The summed E-state index contributed by atoms with van der Waals surface area (Å²) in [6.07, 6.45) is 3.56. The third-order valence-corrected chi connectivity index (χ3v) is 8.30. The second-order valence-electron chi connectivity index (χ2n) is 9.56. The molecule has 5 atom stereocenters. The van der Waals surface area contributed by atoms with Gasteiger partial charge in [-0.05, 0) is 37.6 Å². The number of hydrogen-bond donors (Lipinski definition) is 0. The van der Waals surface area contributed by atoms with E-state index in [0.29, 0.717) is 37.4 Å². The number of piperidine rings is 1. The van der Waals surface area contributed by atoms with E-state index in [0.717, 1.165) is 24.3 Å². The summed E-state index contributed by atoms with van der Waals surface area (Å²) in [4.78, 5) is 31.7. The minimum atomic E-state index is -0.734. The highest BCUT2D eigenvalue weighted by Crippen LogP contribution is 2.61. The lowest BCUT2D eigenvalue weighted by Gasteiger charge is -2.53. The number of anilines is 1. The molecule has 1 aliphatic carbocycles. The van der Waals surface area contributed by atoms with Crippen molar-refractivity contribution in [3.05, 3.63) is 29.3 Å². The Morgan fingerprint density at radius 2 is 1.90 bits per heavy atom. The van der Waals surface area contributed by atoms with Gasteiger partial charge >= 0.3 is 0 Å². The molecule has 7 heteroatoms. The van der Waals surface area contributed by atoms with E-state index in [2.05, 4.69) is 18.0 Å². The molecular weight excluding hydrogens is 396 g/mol. The first-order chi connectivity index (χ1) is 15.0. The molecule has 7 nitrogen and oxygen atoms in total. The Hall–Kier alpha value is -2.38. The van der Waals surface area contributed by atoms with Crippen LogP contribution in [-0.4, -0.2) is 69.7 Å². The third kappa shape index (κ3) is 2.36. The average molecular weight is 424 g/mol. The van der Waals surface area contributed by atoms with Gasteiger partial charge in [-0.25, -0.2) is 0 Å². The summed E-state index contributed by atoms with van der Waals surface area (Å²) in [7, 11) is 5.32. The van der Waals surface area contributed by atoms with Crippen LogP contribution >= 0.6 is 0 Å². The normalized spacial score (nSPS) is 36.2. The van der Waals surface area contributed by atoms with Gasteiger partial charge in [0.2, 0.25) is 5.91 Å². The molecule has 4 bridgehead atoms. The molecule has 0 aromatic heterocycles. The van der Waals surface area contributed by atoms with Crippen molar-refractivity contribution in [2.24, 2.45) is 11.8 Å². The maximum absolute atomic E-state index is 14.0. The largest absolute Gasteiger partial charge is 0.493 e. The molecule has 0 spiro atoms. The number of fused-ring (bicyclic) bond motifs is 2. The summed E-state index contributed by atoms with van der Waals surface area (Å²) in [6, 6.07) is 3.61. The predicted molar refractivity (Wildman–Crippen MR) is 114 cm³/mol. The Labute approximate surface area is 181 Å². The Balaban J connectivity index is 1.65. The van der Waals surface area contributed by atoms with Crippen molar-refractivity contribution in [1.82, 2.24) is 4.90 Å². The molecule has 0 N–H and O–H groups in total. The van der Waals surface area contributed by atoms with E-state index in [-0.39, 0.29) is 35.7 Å². The number of amides is 1. The third-order valence-electron chi connectivity index (χ3n) is 8.30. The van der Waals surface area contributed by atoms with Crippen LogP contribution in [0.4, 0.5) is 5.69 Å². The molecule has 4 heterocycles. The van der Waals surface area contributed by atoms with Gasteiger partial charge in [-0.3, -0.25) is 9.59 Å². The van der Waals surface area contributed by atoms with Crippen LogP contribution in [-0.2, 0) is 19.7 Å². The van der Waals surface area contributed by atoms with Gasteiger partial charge in [-0.1, -0.05) is 11.6 Å². The minimum absolute atomic E-state index is 0.0334. The van der Waals surface area contributed by atoms with Crippen molar-refractivity contribution in [2.45, 2.75) is 36.8 Å². The van der Waals surface area contributed by atoms with Gasteiger partial charge in [-0.15, -0.1) is 0 Å². The van der Waals surface area contributed by atoms with Crippen LogP contribution in [0.5, 0.6) is 11.5 Å². The molecule has 3 fully saturated rings. The highest BCUT2D eigenvalue weighted by Gasteiger charge is 2.67. The van der Waals surface area contributed by atoms with Gasteiger partial charge in [0.05, 0.1) is 50.5 Å². The lowest BCUT2D eigenvalue weighted by atomic mass is 9.55. The average Bonchev–Trinajstić information content (AvgIpc) is 2.99. The molecule has 0 radical (unpaired) electrons. The maximum atomic E-state index is 14.0. The number of rotatable bonds is 2. The van der Waals surface area contributed by atoms with E-state index < -0.39 is 5.41 Å². The summed E-state index contributed by atoms with van der Waals surface area (Å²) < 4.78 is 17.4. The molecular formula is C24H28N2O5. The zero-order valence-electron chi connectivity index (χ0n) is 18.2. The summed E-state index contributed by atoms with van der Waals surface area (Å²) in [5.41, 5.74) is 2.27. The molecule has 4 aliphatic heterocycles. The lowest BCUT2D eigenvalue weighted by molar-refractivity contribution is -0.140. The Bertz CT molecular complexity index is 1020. The van der Waals surface area contributed by atoms with Crippen LogP contribution in [0.25, 0.3) is 0 Å². The van der Waals surface area contributed by atoms with Crippen LogP contribution < -0.4 is 14.4 Å². The smallest absolute Gasteiger partial charge is 0.229 e. The fourth-order valence-corrected chi connectivity index (χ4v) is 7.01. The van der Waals surface area contributed by atoms with Crippen molar-refractivity contribution >= 4 is 17.4 Å². The molecule has 1 amide bonds. The van der Waals surface area contributed by atoms with E-state index in [9.17, 15) is 9.59 Å². The van der Waals surface area contributed by atoms with Gasteiger partial charge in [0.25, 0.3) is 0 Å². The topological polar surface area (TPSA) is 68.3 Å². The highest BCUT2D eigenvalue weighted by molar-refractivity contribution is 6.06. The predicted octanol–water partition coefficient (Wildman–Crippen LogP) is 1.93. The maximum Gasteiger partial charge on any atom is 0.229 e. The monoisotopic (exact) mass is 424 g/mol. The summed E-state index contributed by atoms with van der Waals surface area (Å²) >= 11 is 0. The Morgan fingerprint density at radius 3 is 2.68 bits per heavy atom. The number of carbonyl (C=O) groups is 2. The molecule has 2 saturated heterocycles. The first-order valence-corrected chi connectivity index (χ1v) is 11.1. The second kappa shape index (κ2) is 6.56. The summed E-state index contributed by atoms with van der Waals surface area (Å²) in [6.45, 7) is 2.15. The van der Waals surface area contributed by atoms with Crippen LogP contribution in [0, 0.1) is 11.8 Å². The molecule has 0 unspecified atom stereocenters. The molecule has 164 valence electrons. The number of nitrogens with zero attached hydrogens (tertiary/aromatic N) is 2. The molecule has 1 aromatic rings. The van der Waals surface area contributed by atoms with Crippen LogP contribution in [0.1, 0.15) is 24.8 Å².